The molecule has 0 spiro atoms. The standard InChI is InChI=1S/C16H25NO/c1-12(2)14-8-5-9-15(10-14)18-11-16(17)13-6-3-4-7-13/h5,8-10,12-13,16H,3-4,6-7,11,17H2,1-2H3. The molecule has 1 aliphatic rings. The van der Waals surface area contributed by atoms with Crippen LogP contribution in [0.1, 0.15) is 51.0 Å². The van der Waals surface area contributed by atoms with E-state index in [1.54, 1.807) is 0 Å². The van der Waals surface area contributed by atoms with Crippen LogP contribution in [0.5, 0.6) is 5.75 Å². The largest absolute Gasteiger partial charge is 0.492 e. The van der Waals surface area contributed by atoms with Crippen molar-refractivity contribution in [1.82, 2.24) is 0 Å². The highest BCUT2D eigenvalue weighted by molar-refractivity contribution is 5.30. The topological polar surface area (TPSA) is 35.2 Å². The average Bonchev–Trinajstić information content (AvgIpc) is 2.90. The van der Waals surface area contributed by atoms with Crippen molar-refractivity contribution in [2.45, 2.75) is 51.5 Å². The van der Waals surface area contributed by atoms with E-state index >= 15 is 0 Å². The molecule has 0 bridgehead atoms. The van der Waals surface area contributed by atoms with Crippen molar-refractivity contribution in [3.05, 3.63) is 29.8 Å². The second-order valence-electron chi connectivity index (χ2n) is 5.75. The lowest BCUT2D eigenvalue weighted by atomic mass is 10.00. The van der Waals surface area contributed by atoms with Gasteiger partial charge in [0.25, 0.3) is 0 Å². The summed E-state index contributed by atoms with van der Waals surface area (Å²) in [6.07, 6.45) is 5.22. The van der Waals surface area contributed by atoms with Crippen molar-refractivity contribution in [2.75, 3.05) is 6.61 Å². The molecule has 1 atom stereocenters. The number of hydrogen-bond donors (Lipinski definition) is 1. The van der Waals surface area contributed by atoms with E-state index < -0.39 is 0 Å². The van der Waals surface area contributed by atoms with E-state index in [2.05, 4.69) is 32.0 Å². The summed E-state index contributed by atoms with van der Waals surface area (Å²) in [6.45, 7) is 5.04. The minimum atomic E-state index is 0.190. The number of hydrogen-bond acceptors (Lipinski definition) is 2. The molecule has 1 aliphatic carbocycles. The predicted molar refractivity (Wildman–Crippen MR) is 76.0 cm³/mol. The molecule has 0 amide bonds. The summed E-state index contributed by atoms with van der Waals surface area (Å²) in [4.78, 5) is 0. The lowest BCUT2D eigenvalue weighted by Crippen LogP contribution is -2.34. The smallest absolute Gasteiger partial charge is 0.119 e. The minimum absolute atomic E-state index is 0.190. The first-order valence-corrected chi connectivity index (χ1v) is 7.15. The Labute approximate surface area is 111 Å². The lowest BCUT2D eigenvalue weighted by molar-refractivity contribution is 0.247. The summed E-state index contributed by atoms with van der Waals surface area (Å²) in [6, 6.07) is 8.55. The van der Waals surface area contributed by atoms with Crippen molar-refractivity contribution in [2.24, 2.45) is 11.7 Å². The highest BCUT2D eigenvalue weighted by Crippen LogP contribution is 2.27. The fourth-order valence-electron chi connectivity index (χ4n) is 2.68. The van der Waals surface area contributed by atoms with Gasteiger partial charge in [-0.15, -0.1) is 0 Å². The zero-order chi connectivity index (χ0) is 13.0. The van der Waals surface area contributed by atoms with E-state index in [4.69, 9.17) is 10.5 Å². The van der Waals surface area contributed by atoms with Crippen LogP contribution in [0, 0.1) is 5.92 Å². The van der Waals surface area contributed by atoms with Crippen LogP contribution in [0.2, 0.25) is 0 Å². The first kappa shape index (κ1) is 13.4. The highest BCUT2D eigenvalue weighted by atomic mass is 16.5. The number of benzene rings is 1. The zero-order valence-corrected chi connectivity index (χ0v) is 11.6. The SMILES string of the molecule is CC(C)c1cccc(OCC(N)C2CCCC2)c1. The average molecular weight is 247 g/mol. The Kier molecular flexibility index (Phi) is 4.65. The molecule has 2 heteroatoms. The summed E-state index contributed by atoms with van der Waals surface area (Å²) < 4.78 is 5.85. The van der Waals surface area contributed by atoms with Gasteiger partial charge < -0.3 is 10.5 Å². The third-order valence-electron chi connectivity index (χ3n) is 3.97. The fraction of sp³-hybridized carbons (Fsp3) is 0.625. The van der Waals surface area contributed by atoms with Gasteiger partial charge in [-0.3, -0.25) is 0 Å². The minimum Gasteiger partial charge on any atom is -0.492 e. The van der Waals surface area contributed by atoms with Crippen molar-refractivity contribution in [1.29, 1.82) is 0 Å². The maximum atomic E-state index is 6.20. The molecule has 0 aromatic heterocycles. The Hall–Kier alpha value is -1.02. The van der Waals surface area contributed by atoms with Crippen LogP contribution < -0.4 is 10.5 Å². The van der Waals surface area contributed by atoms with Gasteiger partial charge in [-0.1, -0.05) is 38.8 Å². The normalized spacial score (nSPS) is 18.2. The van der Waals surface area contributed by atoms with Crippen LogP contribution in [0.25, 0.3) is 0 Å². The monoisotopic (exact) mass is 247 g/mol. The molecule has 1 aromatic carbocycles. The van der Waals surface area contributed by atoms with Crippen LogP contribution in [0.4, 0.5) is 0 Å². The van der Waals surface area contributed by atoms with Gasteiger partial charge >= 0.3 is 0 Å². The molecule has 0 heterocycles. The molecule has 1 unspecified atom stereocenters. The van der Waals surface area contributed by atoms with Gasteiger partial charge in [0.2, 0.25) is 0 Å². The maximum Gasteiger partial charge on any atom is 0.119 e. The van der Waals surface area contributed by atoms with Crippen LogP contribution in [0.15, 0.2) is 24.3 Å². The summed E-state index contributed by atoms with van der Waals surface area (Å²) in [5, 5.41) is 0. The number of ether oxygens (including phenoxy) is 1. The molecule has 2 rings (SSSR count). The second-order valence-corrected chi connectivity index (χ2v) is 5.75. The summed E-state index contributed by atoms with van der Waals surface area (Å²) in [5.74, 6) is 2.16. The van der Waals surface area contributed by atoms with E-state index in [-0.39, 0.29) is 6.04 Å². The van der Waals surface area contributed by atoms with Crippen LogP contribution in [-0.2, 0) is 0 Å². The van der Waals surface area contributed by atoms with E-state index in [0.29, 0.717) is 18.4 Å². The molecule has 2 N–H and O–H groups in total. The van der Waals surface area contributed by atoms with Gasteiger partial charge in [0.15, 0.2) is 0 Å². The van der Waals surface area contributed by atoms with E-state index in [1.165, 1.54) is 31.2 Å². The first-order valence-electron chi connectivity index (χ1n) is 7.15. The van der Waals surface area contributed by atoms with Gasteiger partial charge in [-0.05, 0) is 42.4 Å². The molecule has 2 nitrogen and oxygen atoms in total. The summed E-state index contributed by atoms with van der Waals surface area (Å²) in [7, 11) is 0. The van der Waals surface area contributed by atoms with Gasteiger partial charge in [0.05, 0.1) is 0 Å². The molecule has 1 fully saturated rings. The molecule has 1 saturated carbocycles. The van der Waals surface area contributed by atoms with E-state index in [1.807, 2.05) is 6.07 Å². The maximum absolute atomic E-state index is 6.20. The van der Waals surface area contributed by atoms with Gasteiger partial charge in [-0.25, -0.2) is 0 Å². The van der Waals surface area contributed by atoms with Gasteiger partial charge in [0.1, 0.15) is 12.4 Å². The lowest BCUT2D eigenvalue weighted by Gasteiger charge is -2.19. The fourth-order valence-corrected chi connectivity index (χ4v) is 2.68. The summed E-state index contributed by atoms with van der Waals surface area (Å²) >= 11 is 0. The molecular weight excluding hydrogens is 222 g/mol. The Morgan fingerprint density at radius 3 is 2.67 bits per heavy atom. The molecule has 100 valence electrons. The Balaban J connectivity index is 1.87. The quantitative estimate of drug-likeness (QED) is 0.861. The highest BCUT2D eigenvalue weighted by Gasteiger charge is 2.22. The van der Waals surface area contributed by atoms with Gasteiger partial charge in [-0.2, -0.15) is 0 Å². The molecule has 0 radical (unpaired) electrons. The van der Waals surface area contributed by atoms with Crippen LogP contribution in [0.3, 0.4) is 0 Å². The molecule has 18 heavy (non-hydrogen) atoms. The third kappa shape index (κ3) is 3.49. The molecular formula is C16H25NO. The van der Waals surface area contributed by atoms with Crippen molar-refractivity contribution in [3.63, 3.8) is 0 Å². The number of nitrogens with two attached hydrogens (primary N) is 1. The van der Waals surface area contributed by atoms with Gasteiger partial charge in [0, 0.05) is 6.04 Å². The summed E-state index contributed by atoms with van der Waals surface area (Å²) in [5.41, 5.74) is 7.52. The Bertz CT molecular complexity index is 369. The number of rotatable bonds is 5. The van der Waals surface area contributed by atoms with E-state index in [0.717, 1.165) is 5.75 Å². The Morgan fingerprint density at radius 1 is 1.28 bits per heavy atom. The zero-order valence-electron chi connectivity index (χ0n) is 11.6. The second kappa shape index (κ2) is 6.24. The molecule has 1 aromatic rings. The molecule has 0 saturated heterocycles. The molecule has 0 aliphatic heterocycles. The predicted octanol–water partition coefficient (Wildman–Crippen LogP) is 3.71. The van der Waals surface area contributed by atoms with Crippen molar-refractivity contribution < 1.29 is 4.74 Å². The van der Waals surface area contributed by atoms with Crippen LogP contribution >= 0.6 is 0 Å². The van der Waals surface area contributed by atoms with Crippen LogP contribution in [-0.4, -0.2) is 12.6 Å². The van der Waals surface area contributed by atoms with E-state index in [9.17, 15) is 0 Å². The Morgan fingerprint density at radius 2 is 2.00 bits per heavy atom. The van der Waals surface area contributed by atoms with Crippen molar-refractivity contribution in [3.8, 4) is 5.75 Å². The third-order valence-corrected chi connectivity index (χ3v) is 3.97. The first-order chi connectivity index (χ1) is 8.66. The van der Waals surface area contributed by atoms with Crippen molar-refractivity contribution >= 4 is 0 Å².